The van der Waals surface area contributed by atoms with E-state index in [4.69, 9.17) is 33.8 Å². The highest BCUT2D eigenvalue weighted by atomic mass is 32.2. The summed E-state index contributed by atoms with van der Waals surface area (Å²) in [5.41, 5.74) is 3.41. The van der Waals surface area contributed by atoms with Crippen molar-refractivity contribution in [1.82, 2.24) is 29.5 Å². The number of thiazole rings is 1. The van der Waals surface area contributed by atoms with Gasteiger partial charge in [-0.15, -0.1) is 10.2 Å². The Kier molecular flexibility index (Phi) is 14.6. The van der Waals surface area contributed by atoms with Crippen LogP contribution in [0.4, 0.5) is 9.93 Å². The first kappa shape index (κ1) is 47.1. The lowest BCUT2D eigenvalue weighted by molar-refractivity contribution is -0.143. The molecule has 0 radical (unpaired) electrons. The number of carbonyl (C=O) groups is 2. The molecule has 0 aliphatic carbocycles. The van der Waals surface area contributed by atoms with Crippen molar-refractivity contribution in [2.75, 3.05) is 33.3 Å². The van der Waals surface area contributed by atoms with E-state index in [0.29, 0.717) is 55.3 Å². The third-order valence-electron chi connectivity index (χ3n) is 10.3. The average molecular weight is 934 g/mol. The molecule has 0 spiro atoms. The molecular weight excluding hydrogens is 883 g/mol. The zero-order chi connectivity index (χ0) is 47.0. The summed E-state index contributed by atoms with van der Waals surface area (Å²) in [6, 6.07) is 30.7. The number of sulfonamides is 1. The van der Waals surface area contributed by atoms with Crippen molar-refractivity contribution in [3.05, 3.63) is 125 Å². The van der Waals surface area contributed by atoms with Gasteiger partial charge in [-0.25, -0.2) is 18.2 Å². The zero-order valence-electron chi connectivity index (χ0n) is 37.7. The molecule has 0 atom stereocenters. The number of aryl methyl sites for hydroxylation is 1. The summed E-state index contributed by atoms with van der Waals surface area (Å²) >= 11 is 1.24. The quantitative estimate of drug-likeness (QED) is 0.0805. The Labute approximate surface area is 387 Å². The minimum absolute atomic E-state index is 0.00440. The monoisotopic (exact) mass is 933 g/mol. The van der Waals surface area contributed by atoms with Gasteiger partial charge < -0.3 is 23.7 Å². The smallest absolute Gasteiger partial charge is 0.413 e. The van der Waals surface area contributed by atoms with Crippen LogP contribution in [0.1, 0.15) is 56.4 Å². The lowest BCUT2D eigenvalue weighted by atomic mass is 9.94. The van der Waals surface area contributed by atoms with Crippen LogP contribution >= 0.6 is 11.3 Å². The van der Waals surface area contributed by atoms with Gasteiger partial charge >= 0.3 is 12.1 Å². The molecule has 0 saturated carbocycles. The fourth-order valence-electron chi connectivity index (χ4n) is 7.17. The molecule has 66 heavy (non-hydrogen) atoms. The molecule has 344 valence electrons. The van der Waals surface area contributed by atoms with E-state index in [1.54, 1.807) is 85.4 Å². The fourth-order valence-corrected chi connectivity index (χ4v) is 9.91. The molecule has 0 aliphatic heterocycles. The van der Waals surface area contributed by atoms with Crippen LogP contribution in [-0.4, -0.2) is 83.5 Å². The summed E-state index contributed by atoms with van der Waals surface area (Å²) in [4.78, 5) is 32.0. The van der Waals surface area contributed by atoms with Crippen LogP contribution < -0.4 is 19.5 Å². The number of benzene rings is 5. The number of ether oxygens (including phenoxy) is 5. The molecule has 16 nitrogen and oxygen atoms in total. The summed E-state index contributed by atoms with van der Waals surface area (Å²) in [5.74, 6) is 1.44. The SMILES string of the molecule is CCOC(=O)CCc1ccc(-c2cccc3sc(NC(=O)OC(C)(C)C)nc23)c(-c2nnn(Cc3ccc(OC)cc3)n2)c1S(=O)(=O)N(Cc1ccc(OC)cc1)Cc1ccc(OC)cc1. The number of hydrogen-bond acceptors (Lipinski definition) is 14. The van der Waals surface area contributed by atoms with Crippen molar-refractivity contribution < 1.29 is 41.7 Å². The van der Waals surface area contributed by atoms with Crippen molar-refractivity contribution in [2.45, 2.75) is 70.7 Å². The Bertz CT molecular complexity index is 2860. The van der Waals surface area contributed by atoms with Crippen molar-refractivity contribution in [3.63, 3.8) is 0 Å². The molecule has 0 fully saturated rings. The van der Waals surface area contributed by atoms with Gasteiger partial charge in [0, 0.05) is 25.1 Å². The summed E-state index contributed by atoms with van der Waals surface area (Å²) in [7, 11) is 0.142. The maximum atomic E-state index is 16.0. The first-order chi connectivity index (χ1) is 31.7. The number of esters is 1. The lowest BCUT2D eigenvalue weighted by Crippen LogP contribution is -2.31. The number of methoxy groups -OCH3 is 3. The fraction of sp³-hybridized carbons (Fsp3) is 0.292. The van der Waals surface area contributed by atoms with Gasteiger partial charge in [0.05, 0.1) is 55.2 Å². The normalized spacial score (nSPS) is 11.7. The number of carbonyl (C=O) groups excluding carboxylic acids is 2. The van der Waals surface area contributed by atoms with Crippen molar-refractivity contribution in [3.8, 4) is 39.8 Å². The van der Waals surface area contributed by atoms with Gasteiger partial charge in [-0.3, -0.25) is 10.1 Å². The predicted molar refractivity (Wildman–Crippen MR) is 251 cm³/mol. The number of fused-ring (bicyclic) bond motifs is 1. The first-order valence-electron chi connectivity index (χ1n) is 21.1. The molecule has 18 heteroatoms. The maximum Gasteiger partial charge on any atom is 0.413 e. The molecule has 2 heterocycles. The second-order valence-corrected chi connectivity index (χ2v) is 18.9. The Morgan fingerprint density at radius 2 is 1.36 bits per heavy atom. The molecule has 2 aromatic heterocycles. The van der Waals surface area contributed by atoms with Gasteiger partial charge in [0.15, 0.2) is 5.13 Å². The van der Waals surface area contributed by atoms with Gasteiger partial charge in [0.2, 0.25) is 15.8 Å². The number of nitrogens with zero attached hydrogens (tertiary/aromatic N) is 6. The molecule has 5 aromatic carbocycles. The average Bonchev–Trinajstić information content (AvgIpc) is 3.94. The summed E-state index contributed by atoms with van der Waals surface area (Å²) < 4.78 is 61.1. The molecule has 1 N–H and O–H groups in total. The Morgan fingerprint density at radius 3 is 1.92 bits per heavy atom. The van der Waals surface area contributed by atoms with Crippen LogP contribution in [0.15, 0.2) is 108 Å². The number of hydrogen-bond donors (Lipinski definition) is 1. The van der Waals surface area contributed by atoms with Crippen LogP contribution in [-0.2, 0) is 50.3 Å². The van der Waals surface area contributed by atoms with Gasteiger partial charge in [-0.2, -0.15) is 9.10 Å². The van der Waals surface area contributed by atoms with Crippen molar-refractivity contribution >= 4 is 48.8 Å². The third-order valence-corrected chi connectivity index (χ3v) is 13.1. The highest BCUT2D eigenvalue weighted by molar-refractivity contribution is 7.89. The van der Waals surface area contributed by atoms with E-state index >= 15 is 8.42 Å². The predicted octanol–water partition coefficient (Wildman–Crippen LogP) is 8.92. The first-order valence-corrected chi connectivity index (χ1v) is 23.3. The summed E-state index contributed by atoms with van der Waals surface area (Å²) in [6.07, 6.45) is -0.773. The highest BCUT2D eigenvalue weighted by Gasteiger charge is 2.35. The van der Waals surface area contributed by atoms with Gasteiger partial charge in [0.25, 0.3) is 0 Å². The van der Waals surface area contributed by atoms with E-state index in [1.807, 2.05) is 66.7 Å². The van der Waals surface area contributed by atoms with Crippen LogP contribution in [0.25, 0.3) is 32.7 Å². The Balaban J connectivity index is 1.46. The summed E-state index contributed by atoms with van der Waals surface area (Å²) in [5, 5.41) is 16.8. The second-order valence-electron chi connectivity index (χ2n) is 16.0. The molecule has 0 bridgehead atoms. The second kappa shape index (κ2) is 20.5. The highest BCUT2D eigenvalue weighted by Crippen LogP contribution is 2.43. The van der Waals surface area contributed by atoms with E-state index in [-0.39, 0.29) is 60.5 Å². The summed E-state index contributed by atoms with van der Waals surface area (Å²) in [6.45, 7) is 7.30. The largest absolute Gasteiger partial charge is 0.497 e. The zero-order valence-corrected chi connectivity index (χ0v) is 39.4. The van der Waals surface area contributed by atoms with Crippen LogP contribution in [0, 0.1) is 0 Å². The maximum absolute atomic E-state index is 16.0. The molecule has 0 saturated heterocycles. The molecule has 0 unspecified atom stereocenters. The Hall–Kier alpha value is -6.89. The number of tetrazole rings is 1. The number of nitrogens with one attached hydrogen (secondary N) is 1. The molecular formula is C48H51N7O9S2. The van der Waals surface area contributed by atoms with Gasteiger partial charge in [-0.05, 0) is 110 Å². The van der Waals surface area contributed by atoms with Crippen molar-refractivity contribution in [2.24, 2.45) is 0 Å². The standard InChI is InChI=1S/C48H51N7O9S2/c1-8-63-41(56)27-19-34-18-26-38(39-10-9-11-40-43(39)49-46(65-40)50-47(57)64-48(2,3)4)42(45-51-53-55(52-45)30-33-16-24-37(62-7)25-17-33)44(34)66(58,59)54(28-31-12-20-35(60-5)21-13-31)29-32-14-22-36(61-6)23-15-32/h9-18,20-26H,8,19,27-30H2,1-7H3,(H,49,50,57). The van der Waals surface area contributed by atoms with Gasteiger partial charge in [0.1, 0.15) is 22.8 Å². The van der Waals surface area contributed by atoms with Crippen LogP contribution in [0.2, 0.25) is 0 Å². The van der Waals surface area contributed by atoms with Crippen LogP contribution in [0.3, 0.4) is 0 Å². The number of aromatic nitrogens is 5. The van der Waals surface area contributed by atoms with E-state index < -0.39 is 27.7 Å². The molecule has 0 aliphatic rings. The molecule has 7 rings (SSSR count). The molecule has 1 amide bonds. The van der Waals surface area contributed by atoms with Crippen LogP contribution in [0.5, 0.6) is 17.2 Å². The topological polar surface area (TPSA) is 186 Å². The molecule has 7 aromatic rings. The number of amides is 1. The minimum atomic E-state index is -4.57. The van der Waals surface area contributed by atoms with Gasteiger partial charge in [-0.1, -0.05) is 72.0 Å². The number of rotatable bonds is 18. The van der Waals surface area contributed by atoms with E-state index in [9.17, 15) is 9.59 Å². The van der Waals surface area contributed by atoms with E-state index in [0.717, 1.165) is 5.56 Å². The lowest BCUT2D eigenvalue weighted by Gasteiger charge is -2.26. The Morgan fingerprint density at radius 1 is 0.773 bits per heavy atom. The third kappa shape index (κ3) is 11.3. The number of anilines is 1. The van der Waals surface area contributed by atoms with E-state index in [1.165, 1.54) is 20.4 Å². The van der Waals surface area contributed by atoms with E-state index in [2.05, 4.69) is 15.6 Å². The minimum Gasteiger partial charge on any atom is -0.497 e. The van der Waals surface area contributed by atoms with Crippen molar-refractivity contribution in [1.29, 1.82) is 0 Å². The number of para-hydroxylation sites is 1.